The van der Waals surface area contributed by atoms with Crippen LogP contribution in [0, 0.1) is 0 Å². The average molecular weight is 205 g/mol. The van der Waals surface area contributed by atoms with E-state index in [0.29, 0.717) is 18.8 Å². The first kappa shape index (κ1) is 11.2. The summed E-state index contributed by atoms with van der Waals surface area (Å²) in [5.41, 5.74) is 10.4. The van der Waals surface area contributed by atoms with Gasteiger partial charge >= 0.3 is 0 Å². The minimum Gasteiger partial charge on any atom is -0.326 e. The van der Waals surface area contributed by atoms with Gasteiger partial charge in [0.25, 0.3) is 0 Å². The Morgan fingerprint density at radius 1 is 1.33 bits per heavy atom. The number of nitrogens with zero attached hydrogens (tertiary/aromatic N) is 2. The fraction of sp³-hybridized carbons (Fsp3) is 0.200. The van der Waals surface area contributed by atoms with Gasteiger partial charge in [0.1, 0.15) is 5.84 Å². The van der Waals surface area contributed by atoms with E-state index >= 15 is 0 Å². The van der Waals surface area contributed by atoms with E-state index in [1.807, 2.05) is 24.3 Å². The quantitative estimate of drug-likeness (QED) is 0.283. The van der Waals surface area contributed by atoms with E-state index in [4.69, 9.17) is 11.6 Å². The summed E-state index contributed by atoms with van der Waals surface area (Å²) in [7, 11) is 0. The normalized spacial score (nSPS) is 11.1. The van der Waals surface area contributed by atoms with Crippen LogP contribution >= 0.6 is 0 Å². The van der Waals surface area contributed by atoms with Crippen molar-refractivity contribution in [3.8, 4) is 0 Å². The van der Waals surface area contributed by atoms with Crippen molar-refractivity contribution in [2.24, 2.45) is 21.8 Å². The first-order valence-corrected chi connectivity index (χ1v) is 4.57. The van der Waals surface area contributed by atoms with E-state index in [1.54, 1.807) is 0 Å². The third-order valence-electron chi connectivity index (χ3n) is 2.06. The lowest BCUT2D eigenvalue weighted by Crippen LogP contribution is -2.22. The highest BCUT2D eigenvalue weighted by Gasteiger charge is 2.04. The summed E-state index contributed by atoms with van der Waals surface area (Å²) in [5.74, 6) is 5.77. The number of amidine groups is 1. The van der Waals surface area contributed by atoms with E-state index in [2.05, 4.69) is 22.3 Å². The Hall–Kier alpha value is -1.88. The van der Waals surface area contributed by atoms with E-state index in [0.717, 1.165) is 11.1 Å². The Bertz CT molecular complexity index is 359. The topological polar surface area (TPSA) is 88.8 Å². The second-order valence-corrected chi connectivity index (χ2v) is 3.00. The Kier molecular flexibility index (Phi) is 4.30. The monoisotopic (exact) mass is 205 g/mol. The van der Waals surface area contributed by atoms with Crippen LogP contribution in [0.3, 0.4) is 0 Å². The number of nitrogens with two attached hydrogens (primary N) is 2. The molecule has 0 aliphatic rings. The zero-order valence-corrected chi connectivity index (χ0v) is 8.48. The number of hydrazone groups is 2. The van der Waals surface area contributed by atoms with Crippen LogP contribution in [0.1, 0.15) is 11.1 Å². The third-order valence-corrected chi connectivity index (χ3v) is 2.06. The van der Waals surface area contributed by atoms with Crippen molar-refractivity contribution in [3.63, 3.8) is 0 Å². The minimum atomic E-state index is 0.496. The number of hydrogen-bond acceptors (Lipinski definition) is 4. The fourth-order valence-corrected chi connectivity index (χ4v) is 1.31. The van der Waals surface area contributed by atoms with Gasteiger partial charge < -0.3 is 11.6 Å². The lowest BCUT2D eigenvalue weighted by atomic mass is 10.0. The van der Waals surface area contributed by atoms with E-state index in [1.165, 1.54) is 0 Å². The summed E-state index contributed by atoms with van der Waals surface area (Å²) in [6, 6.07) is 7.86. The van der Waals surface area contributed by atoms with E-state index in [-0.39, 0.29) is 0 Å². The van der Waals surface area contributed by atoms with Gasteiger partial charge in [-0.1, -0.05) is 24.3 Å². The maximum Gasteiger partial charge on any atom is 0.146 e. The lowest BCUT2D eigenvalue weighted by molar-refractivity contribution is 0.962. The van der Waals surface area contributed by atoms with Crippen molar-refractivity contribution in [1.82, 2.24) is 5.43 Å². The van der Waals surface area contributed by atoms with Crippen LogP contribution in [-0.2, 0) is 13.0 Å². The lowest BCUT2D eigenvalue weighted by Gasteiger charge is -2.08. The molecule has 80 valence electrons. The van der Waals surface area contributed by atoms with Gasteiger partial charge in [-0.3, -0.25) is 5.43 Å². The molecular formula is C10H15N5. The summed E-state index contributed by atoms with van der Waals surface area (Å²) < 4.78 is 0. The smallest absolute Gasteiger partial charge is 0.146 e. The second kappa shape index (κ2) is 5.77. The predicted molar refractivity (Wildman–Crippen MR) is 62.3 cm³/mol. The number of nitrogens with one attached hydrogen (secondary N) is 1. The van der Waals surface area contributed by atoms with Crippen LogP contribution < -0.4 is 17.0 Å². The molecule has 0 heterocycles. The van der Waals surface area contributed by atoms with Gasteiger partial charge in [0.15, 0.2) is 0 Å². The molecule has 15 heavy (non-hydrogen) atoms. The van der Waals surface area contributed by atoms with Crippen molar-refractivity contribution < 1.29 is 0 Å². The van der Waals surface area contributed by atoms with Crippen LogP contribution in [-0.4, -0.2) is 12.6 Å². The molecule has 5 nitrogen and oxygen atoms in total. The van der Waals surface area contributed by atoms with E-state index in [9.17, 15) is 0 Å². The van der Waals surface area contributed by atoms with Crippen molar-refractivity contribution in [3.05, 3.63) is 35.4 Å². The van der Waals surface area contributed by atoms with Crippen molar-refractivity contribution >= 4 is 12.6 Å². The molecular weight excluding hydrogens is 190 g/mol. The summed E-state index contributed by atoms with van der Waals surface area (Å²) in [4.78, 5) is 0. The van der Waals surface area contributed by atoms with Crippen LogP contribution in [0.25, 0.3) is 0 Å². The predicted octanol–water partition coefficient (Wildman–Crippen LogP) is 0.165. The molecule has 0 unspecified atom stereocenters. The highest BCUT2D eigenvalue weighted by atomic mass is 15.3. The zero-order valence-electron chi connectivity index (χ0n) is 8.48. The summed E-state index contributed by atoms with van der Waals surface area (Å²) in [6.45, 7) is 3.81. The van der Waals surface area contributed by atoms with Gasteiger partial charge in [-0.25, -0.2) is 0 Å². The van der Waals surface area contributed by atoms with Crippen molar-refractivity contribution in [2.45, 2.75) is 13.0 Å². The van der Waals surface area contributed by atoms with Crippen LogP contribution in [0.5, 0.6) is 0 Å². The number of rotatable bonds is 4. The molecule has 0 bridgehead atoms. The summed E-state index contributed by atoms with van der Waals surface area (Å²) in [6.07, 6.45) is 0.572. The highest BCUT2D eigenvalue weighted by molar-refractivity contribution is 5.84. The fourth-order valence-electron chi connectivity index (χ4n) is 1.31. The van der Waals surface area contributed by atoms with Crippen LogP contribution in [0.2, 0.25) is 0 Å². The van der Waals surface area contributed by atoms with Crippen LogP contribution in [0.15, 0.2) is 34.5 Å². The maximum atomic E-state index is 5.61. The Labute approximate surface area is 88.9 Å². The van der Waals surface area contributed by atoms with Crippen molar-refractivity contribution in [1.29, 1.82) is 0 Å². The summed E-state index contributed by atoms with van der Waals surface area (Å²) in [5, 5.41) is 7.10. The van der Waals surface area contributed by atoms with Gasteiger partial charge in [-0.05, 0) is 11.1 Å². The van der Waals surface area contributed by atoms with Crippen LogP contribution in [0.4, 0.5) is 0 Å². The molecule has 0 aromatic heterocycles. The minimum absolute atomic E-state index is 0.496. The SMILES string of the molecule is C=NNC(Cc1ccccc1CN)=NN. The molecule has 5 heteroatoms. The average Bonchev–Trinajstić information content (AvgIpc) is 2.29. The molecule has 0 radical (unpaired) electrons. The molecule has 1 rings (SSSR count). The van der Waals surface area contributed by atoms with Gasteiger partial charge in [-0.15, -0.1) is 0 Å². The molecule has 0 atom stereocenters. The molecule has 0 fully saturated rings. The first-order chi connectivity index (χ1) is 7.31. The molecule has 0 aliphatic carbocycles. The molecule has 5 N–H and O–H groups in total. The zero-order chi connectivity index (χ0) is 11.1. The third kappa shape index (κ3) is 3.07. The van der Waals surface area contributed by atoms with E-state index < -0.39 is 0 Å². The maximum absolute atomic E-state index is 5.61. The molecule has 0 aliphatic heterocycles. The molecule has 1 aromatic rings. The first-order valence-electron chi connectivity index (χ1n) is 4.57. The molecule has 0 spiro atoms. The molecule has 0 saturated carbocycles. The Morgan fingerprint density at radius 3 is 2.53 bits per heavy atom. The molecule has 0 amide bonds. The largest absolute Gasteiger partial charge is 0.326 e. The van der Waals surface area contributed by atoms with Gasteiger partial charge in [0.2, 0.25) is 0 Å². The summed E-state index contributed by atoms with van der Waals surface area (Å²) >= 11 is 0. The van der Waals surface area contributed by atoms with Gasteiger partial charge in [0.05, 0.1) is 0 Å². The van der Waals surface area contributed by atoms with Crippen molar-refractivity contribution in [2.75, 3.05) is 0 Å². The molecule has 0 saturated heterocycles. The number of benzene rings is 1. The van der Waals surface area contributed by atoms with Gasteiger partial charge in [-0.2, -0.15) is 10.2 Å². The Morgan fingerprint density at radius 2 is 2.00 bits per heavy atom. The number of hydrogen-bond donors (Lipinski definition) is 3. The highest BCUT2D eigenvalue weighted by Crippen LogP contribution is 2.08. The standard InChI is InChI=1S/C10H15N5/c1-13-15-10(14-12)6-8-4-2-3-5-9(8)7-11/h2-5H,1,6-7,11-12H2,(H,14,15). The van der Waals surface area contributed by atoms with Gasteiger partial charge in [0, 0.05) is 19.7 Å². The Balaban J connectivity index is 2.83. The molecule has 1 aromatic carbocycles. The second-order valence-electron chi connectivity index (χ2n) is 3.00.